The highest BCUT2D eigenvalue weighted by Gasteiger charge is 2.34. The Morgan fingerprint density at radius 3 is 2.50 bits per heavy atom. The Kier molecular flexibility index (Phi) is 1.89. The van der Waals surface area contributed by atoms with Gasteiger partial charge >= 0.3 is 5.97 Å². The van der Waals surface area contributed by atoms with Crippen LogP contribution in [0.5, 0.6) is 0 Å². The SMILES string of the molecule is O=C1CC(O)C(O)C(O)O1. The summed E-state index contributed by atoms with van der Waals surface area (Å²) in [4.78, 5) is 10.4. The fourth-order valence-electron chi connectivity index (χ4n) is 0.734. The molecule has 1 heterocycles. The predicted molar refractivity (Wildman–Crippen MR) is 28.7 cm³/mol. The summed E-state index contributed by atoms with van der Waals surface area (Å²) in [7, 11) is 0. The maximum Gasteiger partial charge on any atom is 0.310 e. The molecule has 5 heteroatoms. The van der Waals surface area contributed by atoms with E-state index in [1.165, 1.54) is 0 Å². The highest BCUT2D eigenvalue weighted by Crippen LogP contribution is 2.13. The molecule has 10 heavy (non-hydrogen) atoms. The fraction of sp³-hybridized carbons (Fsp3) is 0.800. The van der Waals surface area contributed by atoms with E-state index in [0.29, 0.717) is 0 Å². The number of carbonyl (C=O) groups excluding carboxylic acids is 1. The van der Waals surface area contributed by atoms with Crippen LogP contribution in [-0.2, 0) is 9.53 Å². The highest BCUT2D eigenvalue weighted by atomic mass is 16.7. The van der Waals surface area contributed by atoms with Gasteiger partial charge in [0.2, 0.25) is 6.29 Å². The van der Waals surface area contributed by atoms with Gasteiger partial charge in [-0.15, -0.1) is 0 Å². The van der Waals surface area contributed by atoms with Gasteiger partial charge in [-0.05, 0) is 0 Å². The molecule has 3 N–H and O–H groups in total. The number of cyclic esters (lactones) is 1. The number of aliphatic hydroxyl groups is 3. The number of ether oxygens (including phenoxy) is 1. The van der Waals surface area contributed by atoms with E-state index in [0.717, 1.165) is 0 Å². The van der Waals surface area contributed by atoms with Crippen molar-refractivity contribution in [1.29, 1.82) is 0 Å². The van der Waals surface area contributed by atoms with E-state index in [1.807, 2.05) is 0 Å². The lowest BCUT2D eigenvalue weighted by Crippen LogP contribution is -2.46. The van der Waals surface area contributed by atoms with E-state index >= 15 is 0 Å². The number of rotatable bonds is 0. The normalized spacial score (nSPS) is 41.1. The molecule has 1 aliphatic rings. The van der Waals surface area contributed by atoms with Crippen molar-refractivity contribution in [2.45, 2.75) is 24.9 Å². The van der Waals surface area contributed by atoms with Crippen LogP contribution in [0.3, 0.4) is 0 Å². The van der Waals surface area contributed by atoms with Gasteiger partial charge in [0.05, 0.1) is 12.5 Å². The van der Waals surface area contributed by atoms with Gasteiger partial charge in [-0.2, -0.15) is 0 Å². The Bertz CT molecular complexity index is 131. The van der Waals surface area contributed by atoms with Gasteiger partial charge in [0.15, 0.2) is 0 Å². The highest BCUT2D eigenvalue weighted by molar-refractivity contribution is 5.71. The third-order valence-electron chi connectivity index (χ3n) is 1.31. The summed E-state index contributed by atoms with van der Waals surface area (Å²) in [5.74, 6) is -0.703. The van der Waals surface area contributed by atoms with Crippen molar-refractivity contribution in [2.24, 2.45) is 0 Å². The first kappa shape index (κ1) is 7.46. The van der Waals surface area contributed by atoms with Crippen molar-refractivity contribution in [3.8, 4) is 0 Å². The topological polar surface area (TPSA) is 87.0 Å². The Balaban J connectivity index is 2.57. The van der Waals surface area contributed by atoms with Gasteiger partial charge in [0.25, 0.3) is 0 Å². The van der Waals surface area contributed by atoms with Crippen LogP contribution in [0.1, 0.15) is 6.42 Å². The molecule has 0 saturated carbocycles. The molecule has 1 saturated heterocycles. The van der Waals surface area contributed by atoms with E-state index in [2.05, 4.69) is 4.74 Å². The lowest BCUT2D eigenvalue weighted by atomic mass is 10.1. The molecule has 3 unspecified atom stereocenters. The third-order valence-corrected chi connectivity index (χ3v) is 1.31. The first-order chi connectivity index (χ1) is 4.61. The van der Waals surface area contributed by atoms with Gasteiger partial charge in [-0.1, -0.05) is 0 Å². The van der Waals surface area contributed by atoms with E-state index in [-0.39, 0.29) is 6.42 Å². The summed E-state index contributed by atoms with van der Waals surface area (Å²) in [5, 5.41) is 26.3. The molecule has 58 valence electrons. The molecule has 0 aromatic carbocycles. The second-order valence-electron chi connectivity index (χ2n) is 2.14. The summed E-state index contributed by atoms with van der Waals surface area (Å²) in [6.07, 6.45) is -4.44. The minimum Gasteiger partial charge on any atom is -0.433 e. The van der Waals surface area contributed by atoms with E-state index in [9.17, 15) is 4.79 Å². The van der Waals surface area contributed by atoms with Gasteiger partial charge < -0.3 is 20.1 Å². The van der Waals surface area contributed by atoms with Crippen molar-refractivity contribution in [3.63, 3.8) is 0 Å². The Morgan fingerprint density at radius 1 is 1.40 bits per heavy atom. The lowest BCUT2D eigenvalue weighted by molar-refractivity contribution is -0.220. The number of esters is 1. The maximum atomic E-state index is 10.4. The van der Waals surface area contributed by atoms with Crippen LogP contribution in [0.4, 0.5) is 0 Å². The van der Waals surface area contributed by atoms with Crippen molar-refractivity contribution < 1.29 is 24.9 Å². The van der Waals surface area contributed by atoms with Crippen molar-refractivity contribution >= 4 is 5.97 Å². The summed E-state index contributed by atoms with van der Waals surface area (Å²) < 4.78 is 4.18. The molecule has 0 aliphatic carbocycles. The van der Waals surface area contributed by atoms with Crippen LogP contribution in [-0.4, -0.2) is 39.8 Å². The quantitative estimate of drug-likeness (QED) is 0.345. The van der Waals surface area contributed by atoms with Crippen LogP contribution in [0.2, 0.25) is 0 Å². The average molecular weight is 148 g/mol. The first-order valence-electron chi connectivity index (χ1n) is 2.85. The van der Waals surface area contributed by atoms with E-state index in [1.54, 1.807) is 0 Å². The monoisotopic (exact) mass is 148 g/mol. The summed E-state index contributed by atoms with van der Waals surface area (Å²) in [6.45, 7) is 0. The largest absolute Gasteiger partial charge is 0.433 e. The van der Waals surface area contributed by atoms with Crippen molar-refractivity contribution in [3.05, 3.63) is 0 Å². The number of hydrogen-bond acceptors (Lipinski definition) is 5. The molecule has 1 rings (SSSR count). The minimum atomic E-state index is -1.59. The Morgan fingerprint density at radius 2 is 2.00 bits per heavy atom. The van der Waals surface area contributed by atoms with Crippen LogP contribution in [0.15, 0.2) is 0 Å². The molecular weight excluding hydrogens is 140 g/mol. The van der Waals surface area contributed by atoms with Gasteiger partial charge in [-0.25, -0.2) is 0 Å². The molecule has 0 aromatic rings. The Hall–Kier alpha value is -0.650. The molecule has 1 aliphatic heterocycles. The summed E-state index contributed by atoms with van der Waals surface area (Å²) in [5.41, 5.74) is 0. The van der Waals surface area contributed by atoms with Crippen LogP contribution in [0.25, 0.3) is 0 Å². The number of hydrogen-bond donors (Lipinski definition) is 3. The number of carbonyl (C=O) groups is 1. The second-order valence-corrected chi connectivity index (χ2v) is 2.14. The third kappa shape index (κ3) is 1.26. The zero-order valence-corrected chi connectivity index (χ0v) is 5.10. The van der Waals surface area contributed by atoms with Gasteiger partial charge in [0, 0.05) is 0 Å². The van der Waals surface area contributed by atoms with Crippen LogP contribution < -0.4 is 0 Å². The van der Waals surface area contributed by atoms with Gasteiger partial charge in [-0.3, -0.25) is 4.79 Å². The molecule has 5 nitrogen and oxygen atoms in total. The molecular formula is C5H8O5. The summed E-state index contributed by atoms with van der Waals surface area (Å²) in [6, 6.07) is 0. The van der Waals surface area contributed by atoms with Crippen molar-refractivity contribution in [2.75, 3.05) is 0 Å². The molecule has 0 spiro atoms. The zero-order chi connectivity index (χ0) is 7.72. The standard InChI is InChI=1S/C5H8O5/c6-2-1-3(7)10-5(9)4(2)8/h2,4-6,8-9H,1H2. The minimum absolute atomic E-state index is 0.266. The van der Waals surface area contributed by atoms with E-state index in [4.69, 9.17) is 15.3 Å². The average Bonchev–Trinajstić information content (AvgIpc) is 1.82. The summed E-state index contributed by atoms with van der Waals surface area (Å²) >= 11 is 0. The zero-order valence-electron chi connectivity index (χ0n) is 5.10. The van der Waals surface area contributed by atoms with Crippen molar-refractivity contribution in [1.82, 2.24) is 0 Å². The molecule has 3 atom stereocenters. The first-order valence-corrected chi connectivity index (χ1v) is 2.85. The Labute approximate surface area is 56.9 Å². The maximum absolute atomic E-state index is 10.4. The van der Waals surface area contributed by atoms with Crippen LogP contribution >= 0.6 is 0 Å². The molecule has 1 fully saturated rings. The fourth-order valence-corrected chi connectivity index (χ4v) is 0.734. The predicted octanol–water partition coefficient (Wildman–Crippen LogP) is -2.03. The molecule has 0 bridgehead atoms. The molecule has 0 radical (unpaired) electrons. The number of aliphatic hydroxyl groups excluding tert-OH is 3. The smallest absolute Gasteiger partial charge is 0.310 e. The molecule has 0 aromatic heterocycles. The van der Waals surface area contributed by atoms with E-state index < -0.39 is 24.5 Å². The van der Waals surface area contributed by atoms with Crippen LogP contribution in [0, 0.1) is 0 Å². The molecule has 0 amide bonds. The second kappa shape index (κ2) is 2.53. The van der Waals surface area contributed by atoms with Gasteiger partial charge in [0.1, 0.15) is 6.10 Å². The lowest BCUT2D eigenvalue weighted by Gasteiger charge is -2.27.